The molecule has 118 valence electrons. The quantitative estimate of drug-likeness (QED) is 0.672. The van der Waals surface area contributed by atoms with E-state index < -0.39 is 0 Å². The van der Waals surface area contributed by atoms with Gasteiger partial charge in [-0.05, 0) is 25.0 Å². The third-order valence-electron chi connectivity index (χ3n) is 3.94. The molecule has 0 heterocycles. The van der Waals surface area contributed by atoms with Crippen molar-refractivity contribution in [2.45, 2.75) is 25.7 Å². The molecule has 2 aromatic rings. The molecule has 2 nitrogen and oxygen atoms in total. The lowest BCUT2D eigenvalue weighted by Crippen LogP contribution is -2.21. The van der Waals surface area contributed by atoms with E-state index in [-0.39, 0.29) is 0 Å². The Kier molecular flexibility index (Phi) is 7.14. The van der Waals surface area contributed by atoms with Crippen LogP contribution in [-0.4, -0.2) is 26.4 Å². The maximum atomic E-state index is 5.78. The van der Waals surface area contributed by atoms with E-state index in [0.29, 0.717) is 25.0 Å². The molecule has 22 heavy (non-hydrogen) atoms. The van der Waals surface area contributed by atoms with Gasteiger partial charge in [0.1, 0.15) is 0 Å². The van der Waals surface area contributed by atoms with Crippen LogP contribution < -0.4 is 0 Å². The van der Waals surface area contributed by atoms with Crippen molar-refractivity contribution in [1.82, 2.24) is 0 Å². The Labute approximate surface area is 134 Å². The lowest BCUT2D eigenvalue weighted by Gasteiger charge is -2.28. The molecule has 2 aromatic carbocycles. The smallest absolute Gasteiger partial charge is 0.0541 e. The average Bonchev–Trinajstić information content (AvgIpc) is 2.59. The summed E-state index contributed by atoms with van der Waals surface area (Å²) in [5.41, 5.74) is 2.62. The average molecular weight is 298 g/mol. The minimum Gasteiger partial charge on any atom is -0.381 e. The molecule has 0 aliphatic carbocycles. The maximum absolute atomic E-state index is 5.78. The standard InChI is InChI=1S/C20H26O2/c1-3-21-15-19(17-11-7-5-8-12-17)20(16-22-4-2)18-13-9-6-10-14-18/h5-14,19-20H,3-4,15-16H2,1-2H3. The lowest BCUT2D eigenvalue weighted by molar-refractivity contribution is 0.0875. The van der Waals surface area contributed by atoms with Crippen LogP contribution >= 0.6 is 0 Å². The zero-order chi connectivity index (χ0) is 15.6. The molecule has 0 N–H and O–H groups in total. The summed E-state index contributed by atoms with van der Waals surface area (Å²) in [6.07, 6.45) is 0. The second-order valence-corrected chi connectivity index (χ2v) is 5.35. The van der Waals surface area contributed by atoms with Gasteiger partial charge in [0.2, 0.25) is 0 Å². The summed E-state index contributed by atoms with van der Waals surface area (Å²) >= 11 is 0. The summed E-state index contributed by atoms with van der Waals surface area (Å²) in [7, 11) is 0. The van der Waals surface area contributed by atoms with Crippen molar-refractivity contribution in [2.75, 3.05) is 26.4 Å². The first kappa shape index (κ1) is 16.7. The first-order valence-corrected chi connectivity index (χ1v) is 8.12. The molecule has 2 rings (SSSR count). The zero-order valence-corrected chi connectivity index (χ0v) is 13.6. The summed E-state index contributed by atoms with van der Waals surface area (Å²) < 4.78 is 11.6. The van der Waals surface area contributed by atoms with E-state index in [1.807, 2.05) is 13.8 Å². The largest absolute Gasteiger partial charge is 0.381 e. The predicted molar refractivity (Wildman–Crippen MR) is 91.4 cm³/mol. The second kappa shape index (κ2) is 9.39. The van der Waals surface area contributed by atoms with Gasteiger partial charge in [-0.1, -0.05) is 60.7 Å². The predicted octanol–water partition coefficient (Wildman–Crippen LogP) is 4.63. The van der Waals surface area contributed by atoms with Crippen LogP contribution in [-0.2, 0) is 9.47 Å². The SMILES string of the molecule is CCOCC(c1ccccc1)C(COCC)c1ccccc1. The van der Waals surface area contributed by atoms with Gasteiger partial charge in [-0.3, -0.25) is 0 Å². The van der Waals surface area contributed by atoms with Gasteiger partial charge in [0.15, 0.2) is 0 Å². The summed E-state index contributed by atoms with van der Waals surface area (Å²) in [4.78, 5) is 0. The maximum Gasteiger partial charge on any atom is 0.0541 e. The summed E-state index contributed by atoms with van der Waals surface area (Å²) in [6.45, 7) is 6.99. The molecule has 0 amide bonds. The molecule has 2 unspecified atom stereocenters. The molecule has 0 aliphatic rings. The summed E-state index contributed by atoms with van der Waals surface area (Å²) in [6, 6.07) is 21.2. The lowest BCUT2D eigenvalue weighted by atomic mass is 9.82. The summed E-state index contributed by atoms with van der Waals surface area (Å²) in [5, 5.41) is 0. The fourth-order valence-electron chi connectivity index (χ4n) is 2.78. The Morgan fingerprint density at radius 1 is 0.636 bits per heavy atom. The van der Waals surface area contributed by atoms with Crippen molar-refractivity contribution in [3.05, 3.63) is 71.8 Å². The second-order valence-electron chi connectivity index (χ2n) is 5.35. The zero-order valence-electron chi connectivity index (χ0n) is 13.6. The van der Waals surface area contributed by atoms with E-state index in [2.05, 4.69) is 60.7 Å². The number of benzene rings is 2. The van der Waals surface area contributed by atoms with E-state index in [1.165, 1.54) is 11.1 Å². The highest BCUT2D eigenvalue weighted by Gasteiger charge is 2.25. The van der Waals surface area contributed by atoms with Crippen molar-refractivity contribution >= 4 is 0 Å². The number of ether oxygens (including phenoxy) is 2. The fourth-order valence-corrected chi connectivity index (χ4v) is 2.78. The van der Waals surface area contributed by atoms with Gasteiger partial charge in [-0.25, -0.2) is 0 Å². The molecule has 0 spiro atoms. The van der Waals surface area contributed by atoms with Crippen molar-refractivity contribution in [3.8, 4) is 0 Å². The Balaban J connectivity index is 2.30. The van der Waals surface area contributed by atoms with Crippen LogP contribution in [0.3, 0.4) is 0 Å². The first-order valence-electron chi connectivity index (χ1n) is 8.12. The van der Waals surface area contributed by atoms with Crippen LogP contribution in [0.15, 0.2) is 60.7 Å². The minimum atomic E-state index is 0.301. The van der Waals surface area contributed by atoms with Gasteiger partial charge in [-0.15, -0.1) is 0 Å². The van der Waals surface area contributed by atoms with Gasteiger partial charge in [0.05, 0.1) is 13.2 Å². The van der Waals surface area contributed by atoms with E-state index in [0.717, 1.165) is 13.2 Å². The molecule has 2 atom stereocenters. The Morgan fingerprint density at radius 2 is 1.00 bits per heavy atom. The molecule has 0 aliphatic heterocycles. The van der Waals surface area contributed by atoms with Crippen molar-refractivity contribution < 1.29 is 9.47 Å². The van der Waals surface area contributed by atoms with E-state index in [4.69, 9.17) is 9.47 Å². The van der Waals surface area contributed by atoms with Crippen molar-refractivity contribution in [3.63, 3.8) is 0 Å². The van der Waals surface area contributed by atoms with Gasteiger partial charge in [0.25, 0.3) is 0 Å². The van der Waals surface area contributed by atoms with E-state index in [9.17, 15) is 0 Å². The molecule has 0 radical (unpaired) electrons. The molecule has 0 saturated carbocycles. The monoisotopic (exact) mass is 298 g/mol. The van der Waals surface area contributed by atoms with E-state index >= 15 is 0 Å². The summed E-state index contributed by atoms with van der Waals surface area (Å²) in [5.74, 6) is 0.602. The molecule has 0 fully saturated rings. The Morgan fingerprint density at radius 3 is 1.32 bits per heavy atom. The third-order valence-corrected chi connectivity index (χ3v) is 3.94. The molecule has 0 bridgehead atoms. The highest BCUT2D eigenvalue weighted by atomic mass is 16.5. The van der Waals surface area contributed by atoms with Crippen LogP contribution in [0.25, 0.3) is 0 Å². The number of hydrogen-bond acceptors (Lipinski definition) is 2. The van der Waals surface area contributed by atoms with Gasteiger partial charge >= 0.3 is 0 Å². The first-order chi connectivity index (χ1) is 10.9. The number of rotatable bonds is 9. The molecular weight excluding hydrogens is 272 g/mol. The van der Waals surface area contributed by atoms with Crippen LogP contribution in [0.5, 0.6) is 0 Å². The molecule has 2 heteroatoms. The van der Waals surface area contributed by atoms with Crippen molar-refractivity contribution in [1.29, 1.82) is 0 Å². The Hall–Kier alpha value is -1.64. The van der Waals surface area contributed by atoms with Gasteiger partial charge in [-0.2, -0.15) is 0 Å². The highest BCUT2D eigenvalue weighted by Crippen LogP contribution is 2.33. The van der Waals surface area contributed by atoms with E-state index in [1.54, 1.807) is 0 Å². The highest BCUT2D eigenvalue weighted by molar-refractivity contribution is 5.29. The van der Waals surface area contributed by atoms with Crippen LogP contribution in [0.1, 0.15) is 36.8 Å². The molecule has 0 aromatic heterocycles. The van der Waals surface area contributed by atoms with Gasteiger partial charge < -0.3 is 9.47 Å². The van der Waals surface area contributed by atoms with Crippen LogP contribution in [0.4, 0.5) is 0 Å². The topological polar surface area (TPSA) is 18.5 Å². The molecule has 0 saturated heterocycles. The van der Waals surface area contributed by atoms with Crippen LogP contribution in [0, 0.1) is 0 Å². The fraction of sp³-hybridized carbons (Fsp3) is 0.400. The van der Waals surface area contributed by atoms with Gasteiger partial charge in [0, 0.05) is 25.0 Å². The molecular formula is C20H26O2. The van der Waals surface area contributed by atoms with Crippen LogP contribution in [0.2, 0.25) is 0 Å². The van der Waals surface area contributed by atoms with Crippen molar-refractivity contribution in [2.24, 2.45) is 0 Å². The third kappa shape index (κ3) is 4.69. The normalized spacial score (nSPS) is 13.7. The Bertz CT molecular complexity index is 460. The number of hydrogen-bond donors (Lipinski definition) is 0. The minimum absolute atomic E-state index is 0.301.